The van der Waals surface area contributed by atoms with Crippen molar-refractivity contribution < 1.29 is 17.6 Å². The van der Waals surface area contributed by atoms with Crippen molar-refractivity contribution in [3.05, 3.63) is 65.5 Å². The molecule has 25 heavy (non-hydrogen) atoms. The number of benzene rings is 2. The molecule has 2 aromatic rings. The van der Waals surface area contributed by atoms with E-state index in [0.717, 1.165) is 9.87 Å². The minimum atomic E-state index is -3.58. The predicted octanol–water partition coefficient (Wildman–Crippen LogP) is 3.04. The van der Waals surface area contributed by atoms with Gasteiger partial charge in [0.15, 0.2) is 0 Å². The lowest BCUT2D eigenvalue weighted by molar-refractivity contribution is -0.111. The summed E-state index contributed by atoms with van der Waals surface area (Å²) in [6.07, 6.45) is 2.85. The van der Waals surface area contributed by atoms with Gasteiger partial charge in [0.25, 0.3) is 0 Å². The zero-order chi connectivity index (χ0) is 18.6. The molecule has 2 aromatic carbocycles. The van der Waals surface area contributed by atoms with Crippen LogP contribution in [-0.2, 0) is 14.8 Å². The van der Waals surface area contributed by atoms with Gasteiger partial charge >= 0.3 is 0 Å². The third-order valence-electron chi connectivity index (χ3n) is 3.54. The van der Waals surface area contributed by atoms with Crippen molar-refractivity contribution in [1.82, 2.24) is 4.31 Å². The van der Waals surface area contributed by atoms with Crippen LogP contribution in [0.2, 0.25) is 0 Å². The van der Waals surface area contributed by atoms with Crippen molar-refractivity contribution in [1.29, 1.82) is 0 Å². The van der Waals surface area contributed by atoms with Crippen molar-refractivity contribution in [2.45, 2.75) is 11.8 Å². The van der Waals surface area contributed by atoms with Gasteiger partial charge in [-0.2, -0.15) is 0 Å². The van der Waals surface area contributed by atoms with Crippen LogP contribution < -0.4 is 5.32 Å². The molecule has 0 bridgehead atoms. The maximum absolute atomic E-state index is 12.9. The van der Waals surface area contributed by atoms with E-state index in [1.54, 1.807) is 31.2 Å². The maximum Gasteiger partial charge on any atom is 0.248 e. The van der Waals surface area contributed by atoms with Gasteiger partial charge in [0, 0.05) is 25.9 Å². The Morgan fingerprint density at radius 1 is 1.12 bits per heavy atom. The van der Waals surface area contributed by atoms with Crippen LogP contribution in [0.15, 0.2) is 53.4 Å². The first-order chi connectivity index (χ1) is 11.7. The van der Waals surface area contributed by atoms with Gasteiger partial charge in [-0.1, -0.05) is 18.2 Å². The number of sulfonamides is 1. The molecule has 0 atom stereocenters. The second kappa shape index (κ2) is 7.58. The van der Waals surface area contributed by atoms with Gasteiger partial charge < -0.3 is 5.32 Å². The molecule has 0 saturated carbocycles. The zero-order valence-electron chi connectivity index (χ0n) is 14.2. The number of aryl methyl sites for hydroxylation is 1. The normalized spacial score (nSPS) is 11.9. The first-order valence-electron chi connectivity index (χ1n) is 7.48. The Kier molecular flexibility index (Phi) is 5.71. The quantitative estimate of drug-likeness (QED) is 0.832. The van der Waals surface area contributed by atoms with Crippen molar-refractivity contribution in [3.63, 3.8) is 0 Å². The Bertz CT molecular complexity index is 904. The molecule has 0 aliphatic heterocycles. The summed E-state index contributed by atoms with van der Waals surface area (Å²) in [4.78, 5) is 12.2. The number of nitrogens with one attached hydrogen (secondary N) is 1. The summed E-state index contributed by atoms with van der Waals surface area (Å²) in [6.45, 7) is 1.77. The van der Waals surface area contributed by atoms with Gasteiger partial charge in [-0.05, 0) is 48.4 Å². The summed E-state index contributed by atoms with van der Waals surface area (Å²) in [6, 6.07) is 10.3. The van der Waals surface area contributed by atoms with Gasteiger partial charge in [-0.25, -0.2) is 17.1 Å². The first-order valence-corrected chi connectivity index (χ1v) is 8.92. The molecule has 0 fully saturated rings. The zero-order valence-corrected chi connectivity index (χ0v) is 15.0. The van der Waals surface area contributed by atoms with E-state index in [2.05, 4.69) is 5.32 Å². The maximum atomic E-state index is 12.9. The minimum absolute atomic E-state index is 0.0981. The van der Waals surface area contributed by atoms with Gasteiger partial charge in [0.05, 0.1) is 4.90 Å². The van der Waals surface area contributed by atoms with Crippen molar-refractivity contribution >= 4 is 27.7 Å². The Morgan fingerprint density at radius 3 is 2.36 bits per heavy atom. The molecule has 1 N–H and O–H groups in total. The fraction of sp³-hybridized carbons (Fsp3) is 0.167. The monoisotopic (exact) mass is 362 g/mol. The van der Waals surface area contributed by atoms with Gasteiger partial charge in [-0.15, -0.1) is 0 Å². The number of halogens is 1. The van der Waals surface area contributed by atoms with E-state index in [0.29, 0.717) is 11.3 Å². The Balaban J connectivity index is 2.19. The van der Waals surface area contributed by atoms with E-state index in [1.807, 2.05) is 0 Å². The SMILES string of the molecule is Cc1ccc(S(=O)(=O)N(C)C)cc1NC(=O)/C=C/c1ccc(F)cc1. The van der Waals surface area contributed by atoms with E-state index >= 15 is 0 Å². The average molecular weight is 362 g/mol. The summed E-state index contributed by atoms with van der Waals surface area (Å²) >= 11 is 0. The number of rotatable bonds is 5. The highest BCUT2D eigenvalue weighted by Gasteiger charge is 2.18. The molecule has 0 aromatic heterocycles. The molecule has 7 heteroatoms. The van der Waals surface area contributed by atoms with E-state index in [-0.39, 0.29) is 10.7 Å². The number of anilines is 1. The third-order valence-corrected chi connectivity index (χ3v) is 5.35. The summed E-state index contributed by atoms with van der Waals surface area (Å²) in [5.74, 6) is -0.761. The molecule has 5 nitrogen and oxygen atoms in total. The lowest BCUT2D eigenvalue weighted by Crippen LogP contribution is -2.22. The van der Waals surface area contributed by atoms with Gasteiger partial charge in [0.2, 0.25) is 15.9 Å². The molecular formula is C18H19FN2O3S. The minimum Gasteiger partial charge on any atom is -0.322 e. The molecule has 0 aliphatic carbocycles. The number of amides is 1. The summed E-state index contributed by atoms with van der Waals surface area (Å²) in [5, 5.41) is 2.66. The van der Waals surface area contributed by atoms with Crippen LogP contribution >= 0.6 is 0 Å². The highest BCUT2D eigenvalue weighted by atomic mass is 32.2. The molecule has 1 amide bonds. The van der Waals surface area contributed by atoms with E-state index in [4.69, 9.17) is 0 Å². The Labute approximate surface area is 146 Å². The van der Waals surface area contributed by atoms with Crippen molar-refractivity contribution in [3.8, 4) is 0 Å². The van der Waals surface area contributed by atoms with E-state index < -0.39 is 15.9 Å². The number of nitrogens with zero attached hydrogens (tertiary/aromatic N) is 1. The van der Waals surface area contributed by atoms with Crippen LogP contribution in [0.5, 0.6) is 0 Å². The van der Waals surface area contributed by atoms with Gasteiger partial charge in [-0.3, -0.25) is 4.79 Å². The molecular weight excluding hydrogens is 343 g/mol. The molecule has 2 rings (SSSR count). The Hall–Kier alpha value is -2.51. The van der Waals surface area contributed by atoms with Crippen LogP contribution in [-0.4, -0.2) is 32.7 Å². The molecule has 0 unspecified atom stereocenters. The van der Waals surface area contributed by atoms with Crippen LogP contribution in [0.3, 0.4) is 0 Å². The fourth-order valence-electron chi connectivity index (χ4n) is 2.03. The number of carbonyl (C=O) groups is 1. The Morgan fingerprint density at radius 2 is 1.76 bits per heavy atom. The highest BCUT2D eigenvalue weighted by molar-refractivity contribution is 7.89. The molecule has 132 valence electrons. The standard InChI is InChI=1S/C18H19FN2O3S/c1-13-4-10-16(25(23,24)21(2)3)12-17(13)20-18(22)11-7-14-5-8-15(19)9-6-14/h4-12H,1-3H3,(H,20,22)/b11-7+. The van der Waals surface area contributed by atoms with Crippen LogP contribution in [0.25, 0.3) is 6.08 Å². The van der Waals surface area contributed by atoms with Crippen LogP contribution in [0.1, 0.15) is 11.1 Å². The van der Waals surface area contributed by atoms with Crippen LogP contribution in [0, 0.1) is 12.7 Å². The second-order valence-corrected chi connectivity index (χ2v) is 7.79. The van der Waals surface area contributed by atoms with Crippen LogP contribution in [0.4, 0.5) is 10.1 Å². The number of hydrogen-bond acceptors (Lipinski definition) is 3. The lowest BCUT2D eigenvalue weighted by Gasteiger charge is -2.14. The molecule has 0 saturated heterocycles. The fourth-order valence-corrected chi connectivity index (χ4v) is 2.96. The predicted molar refractivity (Wildman–Crippen MR) is 96.1 cm³/mol. The molecule has 0 spiro atoms. The summed E-state index contributed by atoms with van der Waals surface area (Å²) < 4.78 is 38.3. The largest absolute Gasteiger partial charge is 0.322 e. The number of carbonyl (C=O) groups excluding carboxylic acids is 1. The van der Waals surface area contributed by atoms with E-state index in [1.165, 1.54) is 44.4 Å². The second-order valence-electron chi connectivity index (χ2n) is 5.64. The molecule has 0 heterocycles. The first kappa shape index (κ1) is 18.8. The van der Waals surface area contributed by atoms with Crippen molar-refractivity contribution in [2.75, 3.05) is 19.4 Å². The van der Waals surface area contributed by atoms with Crippen molar-refractivity contribution in [2.24, 2.45) is 0 Å². The number of hydrogen-bond donors (Lipinski definition) is 1. The topological polar surface area (TPSA) is 66.5 Å². The average Bonchev–Trinajstić information content (AvgIpc) is 2.56. The summed E-state index contributed by atoms with van der Waals surface area (Å²) in [7, 11) is -0.696. The highest BCUT2D eigenvalue weighted by Crippen LogP contribution is 2.22. The molecule has 0 radical (unpaired) electrons. The molecule has 0 aliphatic rings. The lowest BCUT2D eigenvalue weighted by atomic mass is 10.2. The summed E-state index contributed by atoms with van der Waals surface area (Å²) in [5.41, 5.74) is 1.83. The van der Waals surface area contributed by atoms with E-state index in [9.17, 15) is 17.6 Å². The third kappa shape index (κ3) is 4.74. The van der Waals surface area contributed by atoms with Gasteiger partial charge in [0.1, 0.15) is 5.82 Å². The smallest absolute Gasteiger partial charge is 0.248 e.